The molecule has 0 aliphatic carbocycles. The molecule has 0 spiro atoms. The molecule has 2 N–H and O–H groups in total. The number of anilines is 4. The van der Waals surface area contributed by atoms with Crippen LogP contribution in [0.15, 0.2) is 182 Å². The van der Waals surface area contributed by atoms with Gasteiger partial charge in [-0.3, -0.25) is 0 Å². The van der Waals surface area contributed by atoms with Crippen LogP contribution in [0.3, 0.4) is 0 Å². The van der Waals surface area contributed by atoms with E-state index in [0.29, 0.717) is 12.1 Å². The van der Waals surface area contributed by atoms with Crippen molar-refractivity contribution in [3.05, 3.63) is 193 Å². The number of para-hydroxylation sites is 4. The van der Waals surface area contributed by atoms with Crippen LogP contribution in [0.1, 0.15) is 23.2 Å². The van der Waals surface area contributed by atoms with Gasteiger partial charge in [-0.25, -0.2) is 0 Å². The van der Waals surface area contributed by atoms with Gasteiger partial charge < -0.3 is 15.3 Å². The van der Waals surface area contributed by atoms with Crippen molar-refractivity contribution in [1.29, 1.82) is 0 Å². The first-order valence-electron chi connectivity index (χ1n) is 15.7. The smallest absolute Gasteiger partial charge is 0.0681 e. The van der Waals surface area contributed by atoms with Crippen LogP contribution in [-0.4, -0.2) is 29.5 Å². The van der Waals surface area contributed by atoms with Gasteiger partial charge in [-0.1, -0.05) is 133 Å². The molecular weight excluding hydrogens is 684 g/mol. The summed E-state index contributed by atoms with van der Waals surface area (Å²) in [6.07, 6.45) is 4.34. The second kappa shape index (κ2) is 22.7. The molecular formula is C42H46Cl2N2OS2. The van der Waals surface area contributed by atoms with E-state index in [0.717, 1.165) is 11.5 Å². The molecule has 3 nitrogen and oxygen atoms in total. The summed E-state index contributed by atoms with van der Waals surface area (Å²) in [5, 5.41) is 0. The molecule has 0 aliphatic rings. The number of halogens is 2. The number of hydrogen-bond donors (Lipinski definition) is 0. The van der Waals surface area contributed by atoms with E-state index in [9.17, 15) is 0 Å². The maximum Gasteiger partial charge on any atom is 0.0681 e. The molecule has 0 saturated carbocycles. The number of benzene rings is 6. The minimum Gasteiger partial charge on any atom is -0.412 e. The van der Waals surface area contributed by atoms with Crippen molar-refractivity contribution in [2.24, 2.45) is 0 Å². The normalized spacial score (nSPS) is 11.1. The van der Waals surface area contributed by atoms with E-state index in [2.05, 4.69) is 204 Å². The predicted molar refractivity (Wildman–Crippen MR) is 223 cm³/mol. The zero-order chi connectivity index (χ0) is 31.8. The summed E-state index contributed by atoms with van der Waals surface area (Å²) in [6, 6.07) is 64.7. The first-order chi connectivity index (χ1) is 22.8. The SMILES string of the molecule is CSCC(c1ccccc1)N(c1ccccc1)c1ccccc1.CSCC(c1ccccc1)N(c1ccccc1)c1ccccc1.Cl.Cl.O. The number of hydrogen-bond acceptors (Lipinski definition) is 4. The highest BCUT2D eigenvalue weighted by Gasteiger charge is 2.23. The Kier molecular flexibility index (Phi) is 19.2. The fourth-order valence-electron chi connectivity index (χ4n) is 5.68. The van der Waals surface area contributed by atoms with Crippen LogP contribution in [-0.2, 0) is 0 Å². The van der Waals surface area contributed by atoms with Crippen LogP contribution in [0, 0.1) is 0 Å². The third-order valence-corrected chi connectivity index (χ3v) is 9.08. The monoisotopic (exact) mass is 728 g/mol. The topological polar surface area (TPSA) is 38.0 Å². The zero-order valence-corrected chi connectivity index (χ0v) is 31.2. The highest BCUT2D eigenvalue weighted by atomic mass is 35.5. The minimum atomic E-state index is 0. The van der Waals surface area contributed by atoms with E-state index in [1.807, 2.05) is 23.5 Å². The van der Waals surface area contributed by atoms with Crippen LogP contribution < -0.4 is 9.80 Å². The third-order valence-electron chi connectivity index (χ3n) is 7.78. The van der Waals surface area contributed by atoms with Gasteiger partial charge >= 0.3 is 0 Å². The molecule has 0 aliphatic heterocycles. The second-order valence-corrected chi connectivity index (χ2v) is 12.7. The quantitative estimate of drug-likeness (QED) is 0.126. The summed E-state index contributed by atoms with van der Waals surface area (Å²) in [6.45, 7) is 0. The Morgan fingerprint density at radius 1 is 0.367 bits per heavy atom. The van der Waals surface area contributed by atoms with Gasteiger partial charge in [0.25, 0.3) is 0 Å². The van der Waals surface area contributed by atoms with Crippen LogP contribution >= 0.6 is 48.3 Å². The zero-order valence-electron chi connectivity index (χ0n) is 27.9. The first-order valence-corrected chi connectivity index (χ1v) is 18.5. The molecule has 6 aromatic carbocycles. The van der Waals surface area contributed by atoms with Crippen molar-refractivity contribution in [3.63, 3.8) is 0 Å². The van der Waals surface area contributed by atoms with E-state index >= 15 is 0 Å². The molecule has 0 radical (unpaired) electrons. The Bertz CT molecular complexity index is 1460. The maximum absolute atomic E-state index is 2.44. The highest BCUT2D eigenvalue weighted by Crippen LogP contribution is 2.37. The molecule has 0 saturated heterocycles. The predicted octanol–water partition coefficient (Wildman–Crippen LogP) is 11.9. The largest absolute Gasteiger partial charge is 0.412 e. The minimum absolute atomic E-state index is 0. The van der Waals surface area contributed by atoms with Gasteiger partial charge in [0, 0.05) is 34.3 Å². The van der Waals surface area contributed by atoms with Gasteiger partial charge in [0.05, 0.1) is 12.1 Å². The van der Waals surface area contributed by atoms with Crippen molar-refractivity contribution in [3.8, 4) is 0 Å². The molecule has 2 unspecified atom stereocenters. The summed E-state index contributed by atoms with van der Waals surface area (Å²) in [7, 11) is 0. The van der Waals surface area contributed by atoms with Gasteiger partial charge in [-0.15, -0.1) is 24.8 Å². The van der Waals surface area contributed by atoms with Crippen molar-refractivity contribution >= 4 is 71.1 Å². The standard InChI is InChI=1S/2C21H21NS.2ClH.H2O/c2*1-23-17-21(18-11-5-2-6-12-18)22(19-13-7-3-8-14-19)20-15-9-4-10-16-20;;;/h2*2-16,21H,17H2,1H3;2*1H;1H2. The molecule has 0 aromatic heterocycles. The lowest BCUT2D eigenvalue weighted by atomic mass is 10.0. The molecule has 7 heteroatoms. The van der Waals surface area contributed by atoms with E-state index in [4.69, 9.17) is 0 Å². The van der Waals surface area contributed by atoms with E-state index in [1.165, 1.54) is 33.9 Å². The van der Waals surface area contributed by atoms with Crippen molar-refractivity contribution in [1.82, 2.24) is 0 Å². The molecule has 0 amide bonds. The molecule has 0 heterocycles. The van der Waals surface area contributed by atoms with E-state index in [1.54, 1.807) is 0 Å². The van der Waals surface area contributed by atoms with E-state index in [-0.39, 0.29) is 30.3 Å². The van der Waals surface area contributed by atoms with Crippen molar-refractivity contribution in [2.45, 2.75) is 12.1 Å². The summed E-state index contributed by atoms with van der Waals surface area (Å²) in [4.78, 5) is 4.87. The Balaban J connectivity index is 0.000000321. The number of thioether (sulfide) groups is 2. The lowest BCUT2D eigenvalue weighted by molar-refractivity contribution is 0.786. The van der Waals surface area contributed by atoms with Crippen LogP contribution in [0.4, 0.5) is 22.7 Å². The number of rotatable bonds is 12. The molecule has 6 aromatic rings. The second-order valence-electron chi connectivity index (χ2n) is 10.8. The van der Waals surface area contributed by atoms with Gasteiger partial charge in [0.15, 0.2) is 0 Å². The molecule has 2 atom stereocenters. The summed E-state index contributed by atoms with van der Waals surface area (Å²) in [5.74, 6) is 2.07. The Morgan fingerprint density at radius 3 is 0.776 bits per heavy atom. The molecule has 0 fully saturated rings. The summed E-state index contributed by atoms with van der Waals surface area (Å²) >= 11 is 3.76. The molecule has 6 rings (SSSR count). The van der Waals surface area contributed by atoms with Crippen molar-refractivity contribution in [2.75, 3.05) is 33.8 Å². The average molecular weight is 730 g/mol. The van der Waals surface area contributed by atoms with Gasteiger partial charge in [-0.2, -0.15) is 23.5 Å². The van der Waals surface area contributed by atoms with Crippen LogP contribution in [0.2, 0.25) is 0 Å². The Morgan fingerprint density at radius 2 is 0.571 bits per heavy atom. The highest BCUT2D eigenvalue weighted by molar-refractivity contribution is 7.98. The maximum atomic E-state index is 2.44. The average Bonchev–Trinajstić information content (AvgIpc) is 3.14. The number of nitrogens with zero attached hydrogens (tertiary/aromatic N) is 2. The van der Waals surface area contributed by atoms with Gasteiger partial charge in [0.1, 0.15) is 0 Å². The molecule has 0 bridgehead atoms. The first kappa shape index (κ1) is 41.3. The Hall–Kier alpha value is -3.84. The fourth-order valence-corrected chi connectivity index (χ4v) is 6.99. The third kappa shape index (κ3) is 11.6. The van der Waals surface area contributed by atoms with Gasteiger partial charge in [-0.05, 0) is 72.2 Å². The summed E-state index contributed by atoms with van der Waals surface area (Å²) in [5.41, 5.74) is 7.58. The van der Waals surface area contributed by atoms with Crippen LogP contribution in [0.25, 0.3) is 0 Å². The lowest BCUT2D eigenvalue weighted by Gasteiger charge is -2.34. The van der Waals surface area contributed by atoms with E-state index < -0.39 is 0 Å². The fraction of sp³-hybridized carbons (Fsp3) is 0.143. The lowest BCUT2D eigenvalue weighted by Crippen LogP contribution is -2.25. The Labute approximate surface area is 313 Å². The van der Waals surface area contributed by atoms with Crippen molar-refractivity contribution < 1.29 is 5.48 Å². The van der Waals surface area contributed by atoms with Gasteiger partial charge in [0.2, 0.25) is 0 Å². The summed E-state index contributed by atoms with van der Waals surface area (Å²) < 4.78 is 0. The molecule has 49 heavy (non-hydrogen) atoms. The van der Waals surface area contributed by atoms with Crippen LogP contribution in [0.5, 0.6) is 0 Å². The molecule has 256 valence electrons.